The molecule has 0 saturated heterocycles. The second-order valence-corrected chi connectivity index (χ2v) is 4.51. The van der Waals surface area contributed by atoms with E-state index in [9.17, 15) is 4.79 Å². The topological polar surface area (TPSA) is 66.9 Å². The first-order chi connectivity index (χ1) is 7.13. The maximum absolute atomic E-state index is 11.6. The fourth-order valence-electron chi connectivity index (χ4n) is 1.03. The zero-order valence-corrected chi connectivity index (χ0v) is 10.0. The smallest absolute Gasteiger partial charge is 0.230 e. The van der Waals surface area contributed by atoms with Crippen LogP contribution in [0, 0.1) is 12.8 Å². The summed E-state index contributed by atoms with van der Waals surface area (Å²) in [5.74, 6) is -0.0822. The summed E-state index contributed by atoms with van der Waals surface area (Å²) >= 11 is 1.38. The Morgan fingerprint density at radius 3 is 2.80 bits per heavy atom. The van der Waals surface area contributed by atoms with Gasteiger partial charge in [-0.3, -0.25) is 4.79 Å². The molecular formula is C9H16N4OS. The van der Waals surface area contributed by atoms with Crippen LogP contribution < -0.4 is 10.6 Å². The van der Waals surface area contributed by atoms with E-state index in [4.69, 9.17) is 0 Å². The Bertz CT molecular complexity index is 326. The number of aryl methyl sites for hydroxylation is 1. The van der Waals surface area contributed by atoms with Gasteiger partial charge in [-0.25, -0.2) is 0 Å². The van der Waals surface area contributed by atoms with E-state index in [1.165, 1.54) is 11.3 Å². The van der Waals surface area contributed by atoms with Crippen LogP contribution in [0.3, 0.4) is 0 Å². The van der Waals surface area contributed by atoms with Crippen LogP contribution in [-0.4, -0.2) is 29.2 Å². The van der Waals surface area contributed by atoms with Crippen molar-refractivity contribution in [1.29, 1.82) is 0 Å². The lowest BCUT2D eigenvalue weighted by atomic mass is 10.1. The van der Waals surface area contributed by atoms with Crippen molar-refractivity contribution >= 4 is 22.4 Å². The number of aromatic nitrogens is 2. The molecule has 1 aromatic heterocycles. The van der Waals surface area contributed by atoms with E-state index in [1.807, 2.05) is 20.8 Å². The first-order valence-electron chi connectivity index (χ1n) is 4.95. The molecule has 0 aliphatic rings. The van der Waals surface area contributed by atoms with Gasteiger partial charge in [0.25, 0.3) is 0 Å². The number of carbonyl (C=O) groups is 1. The lowest BCUT2D eigenvalue weighted by molar-refractivity contribution is -0.119. The lowest BCUT2D eigenvalue weighted by Gasteiger charge is -2.10. The van der Waals surface area contributed by atoms with Crippen molar-refractivity contribution in [3.63, 3.8) is 0 Å². The van der Waals surface area contributed by atoms with Crippen LogP contribution in [0.15, 0.2) is 0 Å². The molecule has 0 radical (unpaired) electrons. The average molecular weight is 228 g/mol. The molecule has 2 N–H and O–H groups in total. The molecule has 84 valence electrons. The van der Waals surface area contributed by atoms with Gasteiger partial charge < -0.3 is 10.6 Å². The highest BCUT2D eigenvalue weighted by Gasteiger charge is 2.13. The van der Waals surface area contributed by atoms with Gasteiger partial charge in [-0.2, -0.15) is 0 Å². The average Bonchev–Trinajstić information content (AvgIpc) is 2.60. The molecule has 1 unspecified atom stereocenters. The van der Waals surface area contributed by atoms with Gasteiger partial charge in [0.05, 0.1) is 0 Å². The highest BCUT2D eigenvalue weighted by Crippen LogP contribution is 2.14. The van der Waals surface area contributed by atoms with E-state index in [2.05, 4.69) is 20.8 Å². The predicted octanol–water partition coefficient (Wildman–Crippen LogP) is 1.03. The number of anilines is 1. The molecular weight excluding hydrogens is 212 g/mol. The molecule has 0 fully saturated rings. The fraction of sp³-hybridized carbons (Fsp3) is 0.667. The summed E-state index contributed by atoms with van der Waals surface area (Å²) < 4.78 is 0. The first-order valence-corrected chi connectivity index (χ1v) is 5.76. The Hall–Kier alpha value is -1.01. The molecule has 15 heavy (non-hydrogen) atoms. The van der Waals surface area contributed by atoms with E-state index in [0.717, 1.165) is 11.6 Å². The zero-order chi connectivity index (χ0) is 11.3. The van der Waals surface area contributed by atoms with Gasteiger partial charge in [0.15, 0.2) is 0 Å². The van der Waals surface area contributed by atoms with Crippen LogP contribution in [0.4, 0.5) is 5.13 Å². The third kappa shape index (κ3) is 3.93. The van der Waals surface area contributed by atoms with E-state index in [-0.39, 0.29) is 11.8 Å². The van der Waals surface area contributed by atoms with Gasteiger partial charge in [0, 0.05) is 12.5 Å². The van der Waals surface area contributed by atoms with Crippen LogP contribution in [0.5, 0.6) is 0 Å². The summed E-state index contributed by atoms with van der Waals surface area (Å²) in [6.45, 7) is 7.30. The van der Waals surface area contributed by atoms with Crippen molar-refractivity contribution in [2.75, 3.05) is 18.4 Å². The molecule has 0 aromatic carbocycles. The van der Waals surface area contributed by atoms with Crippen LogP contribution >= 0.6 is 11.3 Å². The largest absolute Gasteiger partial charge is 0.316 e. The van der Waals surface area contributed by atoms with Gasteiger partial charge in [0.2, 0.25) is 11.0 Å². The summed E-state index contributed by atoms with van der Waals surface area (Å²) in [7, 11) is 0. The van der Waals surface area contributed by atoms with E-state index in [1.54, 1.807) is 0 Å². The monoisotopic (exact) mass is 228 g/mol. The number of nitrogens with one attached hydrogen (secondary N) is 2. The number of hydrogen-bond acceptors (Lipinski definition) is 5. The lowest BCUT2D eigenvalue weighted by Crippen LogP contribution is -2.30. The second-order valence-electron chi connectivity index (χ2n) is 3.32. The van der Waals surface area contributed by atoms with Crippen molar-refractivity contribution in [3.05, 3.63) is 5.01 Å². The Labute approximate surface area is 93.3 Å². The normalized spacial score (nSPS) is 12.5. The first kappa shape index (κ1) is 12.1. The third-order valence-electron chi connectivity index (χ3n) is 1.90. The molecule has 6 heteroatoms. The van der Waals surface area contributed by atoms with Crippen molar-refractivity contribution in [1.82, 2.24) is 15.5 Å². The summed E-state index contributed by atoms with van der Waals surface area (Å²) in [4.78, 5) is 11.6. The number of carbonyl (C=O) groups excluding carboxylic acids is 1. The van der Waals surface area contributed by atoms with E-state index < -0.39 is 0 Å². The zero-order valence-electron chi connectivity index (χ0n) is 9.20. The number of rotatable bonds is 5. The van der Waals surface area contributed by atoms with Crippen LogP contribution in [-0.2, 0) is 4.79 Å². The van der Waals surface area contributed by atoms with Crippen LogP contribution in [0.1, 0.15) is 18.9 Å². The summed E-state index contributed by atoms with van der Waals surface area (Å²) in [5, 5.41) is 14.9. The molecule has 0 aliphatic carbocycles. The molecule has 1 aromatic rings. The molecule has 5 nitrogen and oxygen atoms in total. The quantitative estimate of drug-likeness (QED) is 0.790. The SMILES string of the molecule is CCNCC(C)C(=O)Nc1nnc(C)s1. The molecule has 1 heterocycles. The molecule has 0 spiro atoms. The summed E-state index contributed by atoms with van der Waals surface area (Å²) in [6, 6.07) is 0. The van der Waals surface area contributed by atoms with Gasteiger partial charge >= 0.3 is 0 Å². The molecule has 1 rings (SSSR count). The van der Waals surface area contributed by atoms with E-state index in [0.29, 0.717) is 11.7 Å². The van der Waals surface area contributed by atoms with Gasteiger partial charge in [-0.1, -0.05) is 25.2 Å². The number of nitrogens with zero attached hydrogens (tertiary/aromatic N) is 2. The molecule has 1 atom stereocenters. The maximum Gasteiger partial charge on any atom is 0.230 e. The van der Waals surface area contributed by atoms with Gasteiger partial charge in [0.1, 0.15) is 5.01 Å². The minimum absolute atomic E-state index is 0.0212. The van der Waals surface area contributed by atoms with Crippen LogP contribution in [0.2, 0.25) is 0 Å². The Balaban J connectivity index is 2.41. The minimum atomic E-state index is -0.0610. The Kier molecular flexibility index (Phi) is 4.64. The molecule has 0 bridgehead atoms. The highest BCUT2D eigenvalue weighted by atomic mass is 32.1. The van der Waals surface area contributed by atoms with Crippen molar-refractivity contribution in [2.45, 2.75) is 20.8 Å². The number of amides is 1. The maximum atomic E-state index is 11.6. The molecule has 0 saturated carbocycles. The predicted molar refractivity (Wildman–Crippen MR) is 61.0 cm³/mol. The summed E-state index contributed by atoms with van der Waals surface area (Å²) in [5.41, 5.74) is 0. The number of hydrogen-bond donors (Lipinski definition) is 2. The minimum Gasteiger partial charge on any atom is -0.316 e. The fourth-order valence-corrected chi connectivity index (χ4v) is 1.62. The van der Waals surface area contributed by atoms with Crippen LogP contribution in [0.25, 0.3) is 0 Å². The molecule has 1 amide bonds. The Morgan fingerprint density at radius 2 is 2.27 bits per heavy atom. The highest BCUT2D eigenvalue weighted by molar-refractivity contribution is 7.15. The molecule has 0 aliphatic heterocycles. The van der Waals surface area contributed by atoms with Gasteiger partial charge in [-0.05, 0) is 13.5 Å². The van der Waals surface area contributed by atoms with Crippen molar-refractivity contribution in [3.8, 4) is 0 Å². The van der Waals surface area contributed by atoms with Gasteiger partial charge in [-0.15, -0.1) is 10.2 Å². The van der Waals surface area contributed by atoms with E-state index >= 15 is 0 Å². The Morgan fingerprint density at radius 1 is 1.53 bits per heavy atom. The van der Waals surface area contributed by atoms with Crippen molar-refractivity contribution in [2.24, 2.45) is 5.92 Å². The standard InChI is InChI=1S/C9H16N4OS/c1-4-10-5-6(2)8(14)11-9-13-12-7(3)15-9/h6,10H,4-5H2,1-3H3,(H,11,13,14). The second kappa shape index (κ2) is 5.77. The van der Waals surface area contributed by atoms with Crippen molar-refractivity contribution < 1.29 is 4.79 Å². The third-order valence-corrected chi connectivity index (χ3v) is 2.66. The summed E-state index contributed by atoms with van der Waals surface area (Å²) in [6.07, 6.45) is 0.